The molecule has 3 aromatic rings. The highest BCUT2D eigenvalue weighted by atomic mass is 16.5. The number of ether oxygens (including phenoxy) is 1. The van der Waals surface area contributed by atoms with Crippen LogP contribution >= 0.6 is 0 Å². The van der Waals surface area contributed by atoms with Crippen LogP contribution in [0.5, 0.6) is 11.5 Å². The molecule has 3 rings (SSSR count). The van der Waals surface area contributed by atoms with Crippen LogP contribution in [0.25, 0.3) is 5.69 Å². The van der Waals surface area contributed by atoms with Gasteiger partial charge in [-0.3, -0.25) is 0 Å². The number of benzene rings is 2. The van der Waals surface area contributed by atoms with E-state index >= 15 is 0 Å². The molecule has 94 valence electrons. The van der Waals surface area contributed by atoms with Crippen LogP contribution in [-0.2, 0) is 0 Å². The van der Waals surface area contributed by atoms with Crippen molar-refractivity contribution in [1.82, 2.24) is 20.2 Å². The van der Waals surface area contributed by atoms with Crippen molar-refractivity contribution in [3.63, 3.8) is 0 Å². The zero-order valence-electron chi connectivity index (χ0n) is 10.4. The first-order valence-corrected chi connectivity index (χ1v) is 5.92. The molecule has 1 aromatic heterocycles. The summed E-state index contributed by atoms with van der Waals surface area (Å²) >= 11 is 0. The average Bonchev–Trinajstić information content (AvgIpc) is 2.87. The van der Waals surface area contributed by atoms with Gasteiger partial charge in [0.2, 0.25) is 0 Å². The fraction of sp³-hybridized carbons (Fsp3) is 0.0714. The van der Waals surface area contributed by atoms with Gasteiger partial charge in [0.05, 0.1) is 0 Å². The molecule has 0 bridgehead atoms. The SMILES string of the molecule is Cc1nnnn1-c1ccccc1Oc1ccccc1. The molecule has 0 radical (unpaired) electrons. The number of tetrazole rings is 1. The van der Waals surface area contributed by atoms with Crippen molar-refractivity contribution in [1.29, 1.82) is 0 Å². The molecule has 5 heteroatoms. The molecule has 0 fully saturated rings. The fourth-order valence-electron chi connectivity index (χ4n) is 1.79. The highest BCUT2D eigenvalue weighted by Gasteiger charge is 2.10. The predicted octanol–water partition coefficient (Wildman–Crippen LogP) is 2.76. The molecule has 0 aliphatic rings. The maximum absolute atomic E-state index is 5.87. The van der Waals surface area contributed by atoms with Crippen molar-refractivity contribution < 1.29 is 4.74 Å². The van der Waals surface area contributed by atoms with E-state index < -0.39 is 0 Å². The van der Waals surface area contributed by atoms with Gasteiger partial charge < -0.3 is 4.74 Å². The average molecular weight is 252 g/mol. The van der Waals surface area contributed by atoms with Gasteiger partial charge in [0.1, 0.15) is 11.4 Å². The van der Waals surface area contributed by atoms with Crippen LogP contribution in [0.2, 0.25) is 0 Å². The molecule has 0 atom stereocenters. The van der Waals surface area contributed by atoms with Crippen LogP contribution < -0.4 is 4.74 Å². The van der Waals surface area contributed by atoms with Crippen molar-refractivity contribution in [3.8, 4) is 17.2 Å². The lowest BCUT2D eigenvalue weighted by molar-refractivity contribution is 0.477. The fourth-order valence-corrected chi connectivity index (χ4v) is 1.79. The van der Waals surface area contributed by atoms with Gasteiger partial charge in [0, 0.05) is 0 Å². The van der Waals surface area contributed by atoms with Gasteiger partial charge in [-0.1, -0.05) is 30.3 Å². The largest absolute Gasteiger partial charge is 0.455 e. The summed E-state index contributed by atoms with van der Waals surface area (Å²) in [6, 6.07) is 17.3. The molecule has 0 saturated heterocycles. The lowest BCUT2D eigenvalue weighted by atomic mass is 10.3. The molecule has 0 saturated carbocycles. The van der Waals surface area contributed by atoms with Crippen molar-refractivity contribution >= 4 is 0 Å². The lowest BCUT2D eigenvalue weighted by Gasteiger charge is -2.10. The standard InChI is InChI=1S/C14H12N4O/c1-11-15-16-17-18(11)13-9-5-6-10-14(13)19-12-7-3-2-4-8-12/h2-10H,1H3. The minimum atomic E-state index is 0.712. The smallest absolute Gasteiger partial charge is 0.153 e. The van der Waals surface area contributed by atoms with Crippen LogP contribution in [0.4, 0.5) is 0 Å². The van der Waals surface area contributed by atoms with Crippen molar-refractivity contribution in [2.75, 3.05) is 0 Å². The molecular formula is C14H12N4O. The summed E-state index contributed by atoms with van der Waals surface area (Å²) in [6.45, 7) is 1.85. The Balaban J connectivity index is 2.01. The summed E-state index contributed by atoms with van der Waals surface area (Å²) in [6.07, 6.45) is 0. The molecule has 0 N–H and O–H groups in total. The monoisotopic (exact) mass is 252 g/mol. The van der Waals surface area contributed by atoms with Gasteiger partial charge in [-0.15, -0.1) is 5.10 Å². The molecule has 2 aromatic carbocycles. The molecule has 5 nitrogen and oxygen atoms in total. The number of aryl methyl sites for hydroxylation is 1. The maximum Gasteiger partial charge on any atom is 0.153 e. The van der Waals surface area contributed by atoms with E-state index in [0.29, 0.717) is 11.6 Å². The zero-order chi connectivity index (χ0) is 13.1. The molecule has 0 amide bonds. The predicted molar refractivity (Wildman–Crippen MR) is 70.4 cm³/mol. The number of nitrogens with zero attached hydrogens (tertiary/aromatic N) is 4. The van der Waals surface area contributed by atoms with Gasteiger partial charge in [-0.05, 0) is 41.6 Å². The first-order chi connectivity index (χ1) is 9.34. The third kappa shape index (κ3) is 2.30. The van der Waals surface area contributed by atoms with Gasteiger partial charge in [0.15, 0.2) is 11.6 Å². The number of rotatable bonds is 3. The van der Waals surface area contributed by atoms with E-state index in [2.05, 4.69) is 15.5 Å². The number of hydrogen-bond acceptors (Lipinski definition) is 4. The summed E-state index contributed by atoms with van der Waals surface area (Å²) in [5.74, 6) is 2.20. The Bertz CT molecular complexity index is 679. The third-order valence-corrected chi connectivity index (χ3v) is 2.69. The summed E-state index contributed by atoms with van der Waals surface area (Å²) in [5, 5.41) is 11.5. The highest BCUT2D eigenvalue weighted by molar-refractivity contribution is 5.48. The van der Waals surface area contributed by atoms with E-state index in [1.807, 2.05) is 61.5 Å². The second-order valence-corrected chi connectivity index (χ2v) is 4.02. The lowest BCUT2D eigenvalue weighted by Crippen LogP contribution is -2.01. The molecule has 0 aliphatic heterocycles. The summed E-state index contributed by atoms with van der Waals surface area (Å²) in [7, 11) is 0. The third-order valence-electron chi connectivity index (χ3n) is 2.69. The van der Waals surface area contributed by atoms with Crippen molar-refractivity contribution in [2.24, 2.45) is 0 Å². The number of para-hydroxylation sites is 3. The molecular weight excluding hydrogens is 240 g/mol. The van der Waals surface area contributed by atoms with Crippen LogP contribution in [-0.4, -0.2) is 20.2 Å². The van der Waals surface area contributed by atoms with Crippen molar-refractivity contribution in [2.45, 2.75) is 6.92 Å². The highest BCUT2D eigenvalue weighted by Crippen LogP contribution is 2.27. The maximum atomic E-state index is 5.87. The second kappa shape index (κ2) is 4.89. The Morgan fingerprint density at radius 2 is 1.68 bits per heavy atom. The Morgan fingerprint density at radius 1 is 0.947 bits per heavy atom. The Labute approximate surface area is 110 Å². The Kier molecular flexibility index (Phi) is 2.94. The first-order valence-electron chi connectivity index (χ1n) is 5.92. The van der Waals surface area contributed by atoms with Gasteiger partial charge >= 0.3 is 0 Å². The quantitative estimate of drug-likeness (QED) is 0.719. The van der Waals surface area contributed by atoms with Gasteiger partial charge in [0.25, 0.3) is 0 Å². The van der Waals surface area contributed by atoms with E-state index in [4.69, 9.17) is 4.74 Å². The van der Waals surface area contributed by atoms with Crippen LogP contribution in [0.15, 0.2) is 54.6 Å². The number of aromatic nitrogens is 4. The van der Waals surface area contributed by atoms with E-state index in [-0.39, 0.29) is 0 Å². The molecule has 1 heterocycles. The topological polar surface area (TPSA) is 52.8 Å². The minimum absolute atomic E-state index is 0.712. The Hall–Kier alpha value is -2.69. The molecule has 19 heavy (non-hydrogen) atoms. The second-order valence-electron chi connectivity index (χ2n) is 4.02. The summed E-state index contributed by atoms with van der Waals surface area (Å²) in [4.78, 5) is 0. The first kappa shape index (κ1) is 11.4. The van der Waals surface area contributed by atoms with Gasteiger partial charge in [-0.2, -0.15) is 4.68 Å². The summed E-state index contributed by atoms with van der Waals surface area (Å²) in [5.41, 5.74) is 0.814. The molecule has 0 aliphatic carbocycles. The van der Waals surface area contributed by atoms with E-state index in [0.717, 1.165) is 11.4 Å². The van der Waals surface area contributed by atoms with Gasteiger partial charge in [-0.25, -0.2) is 0 Å². The van der Waals surface area contributed by atoms with Crippen molar-refractivity contribution in [3.05, 3.63) is 60.4 Å². The normalized spacial score (nSPS) is 10.4. The summed E-state index contributed by atoms with van der Waals surface area (Å²) < 4.78 is 7.52. The number of hydrogen-bond donors (Lipinski definition) is 0. The molecule has 0 spiro atoms. The zero-order valence-corrected chi connectivity index (χ0v) is 10.4. The van der Waals surface area contributed by atoms with Crippen LogP contribution in [0, 0.1) is 6.92 Å². The van der Waals surface area contributed by atoms with Crippen LogP contribution in [0.1, 0.15) is 5.82 Å². The molecule has 0 unspecified atom stereocenters. The minimum Gasteiger partial charge on any atom is -0.455 e. The van der Waals surface area contributed by atoms with Crippen LogP contribution in [0.3, 0.4) is 0 Å². The van der Waals surface area contributed by atoms with E-state index in [1.54, 1.807) is 4.68 Å². The van der Waals surface area contributed by atoms with E-state index in [9.17, 15) is 0 Å². The Morgan fingerprint density at radius 3 is 2.42 bits per heavy atom. The van der Waals surface area contributed by atoms with E-state index in [1.165, 1.54) is 0 Å².